The van der Waals surface area contributed by atoms with Gasteiger partial charge in [-0.05, 0) is 32.0 Å². The number of benzene rings is 1. The van der Waals surface area contributed by atoms with Gasteiger partial charge >= 0.3 is 0 Å². The van der Waals surface area contributed by atoms with Crippen molar-refractivity contribution in [1.82, 2.24) is 4.57 Å². The van der Waals surface area contributed by atoms with E-state index in [0.717, 1.165) is 22.3 Å². The Morgan fingerprint density at radius 2 is 2.00 bits per heavy atom. The van der Waals surface area contributed by atoms with Crippen LogP contribution in [0.4, 0.5) is 0 Å². The molecule has 0 unspecified atom stereocenters. The maximum absolute atomic E-state index is 11.9. The van der Waals surface area contributed by atoms with E-state index in [0.29, 0.717) is 6.54 Å². The van der Waals surface area contributed by atoms with E-state index in [4.69, 9.17) is 4.42 Å². The van der Waals surface area contributed by atoms with E-state index in [1.165, 1.54) is 5.57 Å². The molecule has 0 bridgehead atoms. The number of nitrogens with zero attached hydrogens (tertiary/aromatic N) is 1. The van der Waals surface area contributed by atoms with E-state index in [-0.39, 0.29) is 5.56 Å². The number of hydrogen-bond acceptors (Lipinski definition) is 2. The van der Waals surface area contributed by atoms with Crippen molar-refractivity contribution in [2.45, 2.75) is 20.4 Å². The smallest absolute Gasteiger partial charge is 0.250 e. The molecule has 0 aliphatic heterocycles. The zero-order valence-corrected chi connectivity index (χ0v) is 12.2. The number of pyridine rings is 1. The Morgan fingerprint density at radius 3 is 2.76 bits per heavy atom. The Labute approximate surface area is 123 Å². The highest BCUT2D eigenvalue weighted by molar-refractivity contribution is 5.82. The second kappa shape index (κ2) is 5.44. The van der Waals surface area contributed by atoms with Crippen LogP contribution in [0.25, 0.3) is 22.3 Å². The van der Waals surface area contributed by atoms with Gasteiger partial charge in [-0.2, -0.15) is 0 Å². The lowest BCUT2D eigenvalue weighted by atomic mass is 10.2. The van der Waals surface area contributed by atoms with E-state index in [2.05, 4.69) is 0 Å². The number of aromatic nitrogens is 1. The number of fused-ring (bicyclic) bond motifs is 1. The van der Waals surface area contributed by atoms with Gasteiger partial charge in [0.15, 0.2) is 0 Å². The molecule has 0 saturated carbocycles. The van der Waals surface area contributed by atoms with Crippen molar-refractivity contribution in [3.63, 3.8) is 0 Å². The Bertz CT molecular complexity index is 831. The molecule has 106 valence electrons. The van der Waals surface area contributed by atoms with Crippen molar-refractivity contribution in [2.24, 2.45) is 0 Å². The zero-order chi connectivity index (χ0) is 14.8. The minimum atomic E-state index is -0.00707. The summed E-state index contributed by atoms with van der Waals surface area (Å²) in [5.74, 6) is 0.780. The number of allylic oxidation sites excluding steroid dienone is 2. The van der Waals surface area contributed by atoms with Crippen LogP contribution in [-0.4, -0.2) is 4.57 Å². The summed E-state index contributed by atoms with van der Waals surface area (Å²) in [6.07, 6.45) is 3.88. The molecule has 0 radical (unpaired) electrons. The summed E-state index contributed by atoms with van der Waals surface area (Å²) >= 11 is 0. The van der Waals surface area contributed by atoms with Crippen molar-refractivity contribution in [3.05, 3.63) is 70.7 Å². The molecule has 0 spiro atoms. The summed E-state index contributed by atoms with van der Waals surface area (Å²) in [6, 6.07) is 13.3. The average molecular weight is 279 g/mol. The number of hydrogen-bond donors (Lipinski definition) is 0. The van der Waals surface area contributed by atoms with Crippen LogP contribution in [0, 0.1) is 0 Å². The van der Waals surface area contributed by atoms with Gasteiger partial charge in [0.1, 0.15) is 11.3 Å². The third-order valence-electron chi connectivity index (χ3n) is 3.39. The van der Waals surface area contributed by atoms with Gasteiger partial charge in [0, 0.05) is 29.8 Å². The Balaban J connectivity index is 2.04. The summed E-state index contributed by atoms with van der Waals surface area (Å²) < 4.78 is 7.53. The van der Waals surface area contributed by atoms with E-state index in [1.807, 2.05) is 56.5 Å². The van der Waals surface area contributed by atoms with Crippen LogP contribution in [0.15, 0.2) is 69.5 Å². The first-order valence-electron chi connectivity index (χ1n) is 6.96. The molecule has 0 N–H and O–H groups in total. The molecule has 0 atom stereocenters. The predicted molar refractivity (Wildman–Crippen MR) is 85.3 cm³/mol. The van der Waals surface area contributed by atoms with Crippen LogP contribution in [0.5, 0.6) is 0 Å². The van der Waals surface area contributed by atoms with Crippen LogP contribution < -0.4 is 5.56 Å². The molecule has 2 aromatic heterocycles. The largest absolute Gasteiger partial charge is 0.456 e. The molecule has 3 heteroatoms. The molecule has 0 aliphatic rings. The number of furan rings is 1. The van der Waals surface area contributed by atoms with E-state index in [1.54, 1.807) is 16.7 Å². The summed E-state index contributed by atoms with van der Waals surface area (Å²) in [5, 5.41) is 1.06. The molecule has 0 amide bonds. The van der Waals surface area contributed by atoms with E-state index >= 15 is 0 Å². The maximum atomic E-state index is 11.9. The van der Waals surface area contributed by atoms with Crippen molar-refractivity contribution < 1.29 is 4.42 Å². The van der Waals surface area contributed by atoms with E-state index in [9.17, 15) is 4.79 Å². The van der Waals surface area contributed by atoms with Gasteiger partial charge in [-0.15, -0.1) is 0 Å². The molecule has 0 fully saturated rings. The summed E-state index contributed by atoms with van der Waals surface area (Å²) in [6.45, 7) is 4.62. The van der Waals surface area contributed by atoms with E-state index < -0.39 is 0 Å². The quantitative estimate of drug-likeness (QED) is 0.673. The van der Waals surface area contributed by atoms with Gasteiger partial charge in [0.25, 0.3) is 5.56 Å². The SMILES string of the molecule is CC(C)=CCn1cc(-c2cc3ccccc3o2)ccc1=O. The van der Waals surface area contributed by atoms with Gasteiger partial charge in [0.2, 0.25) is 0 Å². The molecular formula is C18H17NO2. The Kier molecular flexibility index (Phi) is 3.48. The van der Waals surface area contributed by atoms with Crippen LogP contribution in [0.1, 0.15) is 13.8 Å². The molecule has 3 rings (SSSR count). The number of para-hydroxylation sites is 1. The molecule has 2 heterocycles. The second-order valence-corrected chi connectivity index (χ2v) is 5.34. The molecule has 1 aromatic carbocycles. The number of rotatable bonds is 3. The van der Waals surface area contributed by atoms with Gasteiger partial charge in [-0.1, -0.05) is 29.8 Å². The first-order valence-corrected chi connectivity index (χ1v) is 6.96. The summed E-state index contributed by atoms with van der Waals surface area (Å²) in [7, 11) is 0. The van der Waals surface area contributed by atoms with Crippen molar-refractivity contribution in [3.8, 4) is 11.3 Å². The lowest BCUT2D eigenvalue weighted by molar-refractivity contribution is 0.629. The maximum Gasteiger partial charge on any atom is 0.250 e. The Morgan fingerprint density at radius 1 is 1.19 bits per heavy atom. The van der Waals surface area contributed by atoms with Crippen LogP contribution in [0.3, 0.4) is 0 Å². The van der Waals surface area contributed by atoms with Gasteiger partial charge in [0.05, 0.1) is 0 Å². The first-order chi connectivity index (χ1) is 10.1. The third-order valence-corrected chi connectivity index (χ3v) is 3.39. The van der Waals surface area contributed by atoms with Crippen LogP contribution in [-0.2, 0) is 6.54 Å². The highest BCUT2D eigenvalue weighted by atomic mass is 16.3. The van der Waals surface area contributed by atoms with Crippen molar-refractivity contribution in [1.29, 1.82) is 0 Å². The molecule has 21 heavy (non-hydrogen) atoms. The van der Waals surface area contributed by atoms with Gasteiger partial charge in [-0.25, -0.2) is 0 Å². The third kappa shape index (κ3) is 2.82. The van der Waals surface area contributed by atoms with Gasteiger partial charge in [-0.3, -0.25) is 4.79 Å². The average Bonchev–Trinajstić information content (AvgIpc) is 2.90. The standard InChI is InChI=1S/C18H17NO2/c1-13(2)9-10-19-12-15(7-8-18(19)20)17-11-14-5-3-4-6-16(14)21-17/h3-9,11-12H,10H2,1-2H3. The fourth-order valence-electron chi connectivity index (χ4n) is 2.22. The molecular weight excluding hydrogens is 262 g/mol. The normalized spacial score (nSPS) is 10.8. The molecule has 3 nitrogen and oxygen atoms in total. The van der Waals surface area contributed by atoms with Crippen LogP contribution >= 0.6 is 0 Å². The second-order valence-electron chi connectivity index (χ2n) is 5.34. The fourth-order valence-corrected chi connectivity index (χ4v) is 2.22. The Hall–Kier alpha value is -2.55. The summed E-state index contributed by atoms with van der Waals surface area (Å²) in [4.78, 5) is 11.9. The van der Waals surface area contributed by atoms with Gasteiger partial charge < -0.3 is 8.98 Å². The molecule has 0 aliphatic carbocycles. The topological polar surface area (TPSA) is 35.1 Å². The molecule has 0 saturated heterocycles. The minimum absolute atomic E-state index is 0.00707. The molecule has 3 aromatic rings. The first kappa shape index (κ1) is 13.4. The van der Waals surface area contributed by atoms with Crippen LogP contribution in [0.2, 0.25) is 0 Å². The highest BCUT2D eigenvalue weighted by Gasteiger charge is 2.07. The van der Waals surface area contributed by atoms with Crippen molar-refractivity contribution in [2.75, 3.05) is 0 Å². The lowest BCUT2D eigenvalue weighted by Gasteiger charge is -2.04. The highest BCUT2D eigenvalue weighted by Crippen LogP contribution is 2.26. The fraction of sp³-hybridized carbons (Fsp3) is 0.167. The lowest BCUT2D eigenvalue weighted by Crippen LogP contribution is -2.17. The van der Waals surface area contributed by atoms with Crippen molar-refractivity contribution >= 4 is 11.0 Å². The predicted octanol–water partition coefficient (Wildman–Crippen LogP) is 4.23. The summed E-state index contributed by atoms with van der Waals surface area (Å²) in [5.41, 5.74) is 2.95. The zero-order valence-electron chi connectivity index (χ0n) is 12.2. The minimum Gasteiger partial charge on any atom is -0.456 e. The monoisotopic (exact) mass is 279 g/mol.